The summed E-state index contributed by atoms with van der Waals surface area (Å²) < 4.78 is 5.63. The van der Waals surface area contributed by atoms with E-state index in [1.54, 1.807) is 0 Å². The quantitative estimate of drug-likeness (QED) is 0.361. The highest BCUT2D eigenvalue weighted by molar-refractivity contribution is 8.15. The summed E-state index contributed by atoms with van der Waals surface area (Å²) >= 11 is 1.06. The van der Waals surface area contributed by atoms with Crippen molar-refractivity contribution in [1.82, 2.24) is 5.32 Å². The van der Waals surface area contributed by atoms with E-state index in [1.165, 1.54) is 6.21 Å². The summed E-state index contributed by atoms with van der Waals surface area (Å²) in [6.45, 7) is 0.612. The Hall–Kier alpha value is -2.86. The minimum Gasteiger partial charge on any atom is -0.494 e. The van der Waals surface area contributed by atoms with Crippen molar-refractivity contribution in [2.75, 3.05) is 6.61 Å². The lowest BCUT2D eigenvalue weighted by molar-refractivity contribution is -0.138. The number of hydrogen-bond acceptors (Lipinski definition) is 7. The van der Waals surface area contributed by atoms with Gasteiger partial charge in [-0.25, -0.2) is 0 Å². The molecule has 0 aliphatic carbocycles. The van der Waals surface area contributed by atoms with Crippen LogP contribution in [0, 0.1) is 11.3 Å². The van der Waals surface area contributed by atoms with Gasteiger partial charge in [0.15, 0.2) is 5.17 Å². The van der Waals surface area contributed by atoms with Crippen LogP contribution in [0.4, 0.5) is 0 Å². The Morgan fingerprint density at radius 1 is 1.33 bits per heavy atom. The topological polar surface area (TPSA) is 124 Å². The number of unbranched alkanes of at least 4 members (excludes halogenated alkanes) is 3. The lowest BCUT2D eigenvalue weighted by atomic mass is 10.2. The van der Waals surface area contributed by atoms with Gasteiger partial charge in [0, 0.05) is 6.42 Å². The van der Waals surface area contributed by atoms with Gasteiger partial charge < -0.3 is 15.2 Å². The molecule has 1 saturated heterocycles. The smallest absolute Gasteiger partial charge is 0.305 e. The van der Waals surface area contributed by atoms with Crippen LogP contribution in [0.1, 0.15) is 37.7 Å². The average Bonchev–Trinajstić information content (AvgIpc) is 2.98. The van der Waals surface area contributed by atoms with Gasteiger partial charge in [-0.05, 0) is 49.1 Å². The van der Waals surface area contributed by atoms with Gasteiger partial charge in [0.2, 0.25) is 5.91 Å². The summed E-state index contributed by atoms with van der Waals surface area (Å²) in [6, 6.07) is 9.46. The molecule has 1 unspecified atom stereocenters. The molecule has 2 N–H and O–H groups in total. The third kappa shape index (κ3) is 7.50. The summed E-state index contributed by atoms with van der Waals surface area (Å²) in [5.41, 5.74) is 0.817. The van der Waals surface area contributed by atoms with Crippen molar-refractivity contribution in [1.29, 1.82) is 5.26 Å². The molecule has 1 aliphatic heterocycles. The minimum absolute atomic E-state index is 0.251. The lowest BCUT2D eigenvalue weighted by Crippen LogP contribution is -2.26. The maximum absolute atomic E-state index is 11.6. The molecule has 1 aromatic rings. The summed E-state index contributed by atoms with van der Waals surface area (Å²) in [5, 5.41) is 27.2. The number of amidine groups is 1. The van der Waals surface area contributed by atoms with Crippen LogP contribution in [0.2, 0.25) is 0 Å². The highest BCUT2D eigenvalue weighted by Gasteiger charge is 2.32. The third-order valence-electron chi connectivity index (χ3n) is 3.57. The van der Waals surface area contributed by atoms with Gasteiger partial charge in [-0.2, -0.15) is 10.4 Å². The second-order valence-electron chi connectivity index (χ2n) is 5.73. The van der Waals surface area contributed by atoms with Gasteiger partial charge >= 0.3 is 5.97 Å². The first-order chi connectivity index (χ1) is 13.1. The van der Waals surface area contributed by atoms with E-state index in [1.807, 2.05) is 24.3 Å². The van der Waals surface area contributed by atoms with Crippen LogP contribution in [0.15, 0.2) is 34.5 Å². The fraction of sp³-hybridized carbons (Fsp3) is 0.389. The van der Waals surface area contributed by atoms with Crippen LogP contribution in [-0.4, -0.2) is 40.2 Å². The molecule has 27 heavy (non-hydrogen) atoms. The molecule has 1 aromatic carbocycles. The van der Waals surface area contributed by atoms with E-state index in [-0.39, 0.29) is 12.3 Å². The van der Waals surface area contributed by atoms with Crippen LogP contribution in [0.5, 0.6) is 5.75 Å². The summed E-state index contributed by atoms with van der Waals surface area (Å²) in [5.74, 6) is -0.642. The number of nitriles is 1. The molecule has 0 bridgehead atoms. The molecule has 1 atom stereocenters. The van der Waals surface area contributed by atoms with E-state index in [9.17, 15) is 9.59 Å². The molecular weight excluding hydrogens is 368 g/mol. The number of ether oxygens (including phenoxy) is 1. The van der Waals surface area contributed by atoms with Crippen molar-refractivity contribution in [2.45, 2.75) is 37.4 Å². The number of nitrogens with zero attached hydrogens (tertiary/aromatic N) is 3. The Kier molecular flexibility index (Phi) is 8.32. The Balaban J connectivity index is 1.76. The first kappa shape index (κ1) is 20.5. The molecule has 0 spiro atoms. The Bertz CT molecular complexity index is 756. The lowest BCUT2D eigenvalue weighted by Gasteiger charge is -2.05. The Morgan fingerprint density at radius 2 is 2.11 bits per heavy atom. The normalized spacial score (nSPS) is 17.8. The summed E-state index contributed by atoms with van der Waals surface area (Å²) in [7, 11) is 0. The maximum atomic E-state index is 11.6. The van der Waals surface area contributed by atoms with Gasteiger partial charge in [0.05, 0.1) is 25.3 Å². The Morgan fingerprint density at radius 3 is 2.81 bits per heavy atom. The van der Waals surface area contributed by atoms with Gasteiger partial charge in [0.1, 0.15) is 11.0 Å². The number of carbonyl (C=O) groups excluding carboxylic acids is 1. The number of benzene rings is 1. The zero-order valence-electron chi connectivity index (χ0n) is 14.6. The van der Waals surface area contributed by atoms with Crippen molar-refractivity contribution >= 4 is 35.0 Å². The Labute approximate surface area is 161 Å². The van der Waals surface area contributed by atoms with Gasteiger partial charge in [-0.3, -0.25) is 9.59 Å². The van der Waals surface area contributed by atoms with E-state index >= 15 is 0 Å². The highest BCUT2D eigenvalue weighted by atomic mass is 32.2. The van der Waals surface area contributed by atoms with Crippen molar-refractivity contribution in [3.63, 3.8) is 0 Å². The zero-order valence-corrected chi connectivity index (χ0v) is 15.4. The van der Waals surface area contributed by atoms with Crippen molar-refractivity contribution in [3.05, 3.63) is 29.8 Å². The summed E-state index contributed by atoms with van der Waals surface area (Å²) in [4.78, 5) is 22.3. The standard InChI is InChI=1S/C18H20N4O4S/c19-9-3-1-2-4-10-26-14-7-5-13(6-8-14)12-20-22-18-21-17(25)15(27-18)11-16(23)24/h5-8,12,15H,1-4,10-11H2,(H,23,24)(H,21,22,25). The molecule has 0 saturated carbocycles. The van der Waals surface area contributed by atoms with E-state index in [2.05, 4.69) is 21.6 Å². The SMILES string of the molecule is N#CCCCCCOc1ccc(C=NN=C2NC(=O)C(CC(=O)O)S2)cc1. The number of thioether (sulfide) groups is 1. The van der Waals surface area contributed by atoms with Crippen molar-refractivity contribution in [2.24, 2.45) is 10.2 Å². The number of carboxylic acids is 1. The van der Waals surface area contributed by atoms with Crippen LogP contribution in [0.3, 0.4) is 0 Å². The molecule has 0 radical (unpaired) electrons. The molecule has 1 heterocycles. The number of nitrogens with one attached hydrogen (secondary N) is 1. The number of amides is 1. The predicted octanol–water partition coefficient (Wildman–Crippen LogP) is 2.55. The van der Waals surface area contributed by atoms with Crippen LogP contribution in [0.25, 0.3) is 0 Å². The fourth-order valence-corrected chi connectivity index (χ4v) is 3.13. The molecular formula is C18H20N4O4S. The molecule has 1 amide bonds. The predicted molar refractivity (Wildman–Crippen MR) is 103 cm³/mol. The first-order valence-electron chi connectivity index (χ1n) is 8.48. The van der Waals surface area contributed by atoms with E-state index in [0.29, 0.717) is 18.2 Å². The van der Waals surface area contributed by atoms with Crippen LogP contribution < -0.4 is 10.1 Å². The fourth-order valence-electron chi connectivity index (χ4n) is 2.22. The average molecular weight is 388 g/mol. The zero-order chi connectivity index (χ0) is 19.5. The van der Waals surface area contributed by atoms with E-state index in [4.69, 9.17) is 15.1 Å². The number of aliphatic carboxylic acids is 1. The third-order valence-corrected chi connectivity index (χ3v) is 4.65. The minimum atomic E-state index is -1.03. The number of carbonyl (C=O) groups is 2. The molecule has 2 rings (SSSR count). The molecule has 0 aromatic heterocycles. The first-order valence-corrected chi connectivity index (χ1v) is 9.36. The van der Waals surface area contributed by atoms with Gasteiger partial charge in [-0.15, -0.1) is 5.10 Å². The van der Waals surface area contributed by atoms with Crippen LogP contribution in [-0.2, 0) is 9.59 Å². The molecule has 8 nitrogen and oxygen atoms in total. The molecule has 9 heteroatoms. The van der Waals surface area contributed by atoms with E-state index < -0.39 is 11.2 Å². The van der Waals surface area contributed by atoms with Gasteiger partial charge in [0.25, 0.3) is 0 Å². The maximum Gasteiger partial charge on any atom is 0.305 e. The molecule has 142 valence electrons. The molecule has 1 fully saturated rings. The second kappa shape index (κ2) is 11.0. The number of hydrogen-bond donors (Lipinski definition) is 2. The van der Waals surface area contributed by atoms with E-state index in [0.717, 1.165) is 42.3 Å². The number of carboxylic acid groups (broad SMARTS) is 1. The van der Waals surface area contributed by atoms with Crippen molar-refractivity contribution in [3.8, 4) is 11.8 Å². The van der Waals surface area contributed by atoms with Crippen molar-refractivity contribution < 1.29 is 19.4 Å². The summed E-state index contributed by atoms with van der Waals surface area (Å²) in [6.07, 6.45) is 4.65. The second-order valence-corrected chi connectivity index (χ2v) is 6.92. The highest BCUT2D eigenvalue weighted by Crippen LogP contribution is 2.22. The monoisotopic (exact) mass is 388 g/mol. The largest absolute Gasteiger partial charge is 0.494 e. The van der Waals surface area contributed by atoms with Gasteiger partial charge in [-0.1, -0.05) is 11.8 Å². The number of rotatable bonds is 10. The molecule has 1 aliphatic rings. The van der Waals surface area contributed by atoms with Crippen LogP contribution >= 0.6 is 11.8 Å².